The van der Waals surface area contributed by atoms with Crippen LogP contribution in [-0.2, 0) is 6.42 Å². The Morgan fingerprint density at radius 3 is 2.76 bits per heavy atom. The van der Waals surface area contributed by atoms with Crippen LogP contribution in [0.2, 0.25) is 0 Å². The molecule has 112 valence electrons. The van der Waals surface area contributed by atoms with E-state index in [1.165, 1.54) is 9.75 Å². The molecule has 1 heterocycles. The minimum Gasteiger partial charge on any atom is -0.497 e. The van der Waals surface area contributed by atoms with Gasteiger partial charge in [-0.2, -0.15) is 0 Å². The number of nitrogens with one attached hydrogen (secondary N) is 1. The molecular formula is C16H20N2O2S. The molecule has 0 aliphatic heterocycles. The van der Waals surface area contributed by atoms with Crippen molar-refractivity contribution in [3.8, 4) is 5.75 Å². The predicted octanol–water partition coefficient (Wildman–Crippen LogP) is 3.01. The molecule has 0 spiro atoms. The highest BCUT2D eigenvalue weighted by Crippen LogP contribution is 2.19. The molecular weight excluding hydrogens is 284 g/mol. The number of anilines is 1. The molecule has 0 saturated carbocycles. The number of carbonyl (C=O) groups excluding carboxylic acids is 1. The van der Waals surface area contributed by atoms with Crippen LogP contribution in [0.5, 0.6) is 5.75 Å². The summed E-state index contributed by atoms with van der Waals surface area (Å²) in [4.78, 5) is 14.8. The second kappa shape index (κ2) is 6.63. The summed E-state index contributed by atoms with van der Waals surface area (Å²) in [5.74, 6) is 0.447. The smallest absolute Gasteiger partial charge is 0.251 e. The zero-order valence-electron chi connectivity index (χ0n) is 12.5. The normalized spacial score (nSPS) is 12.0. The van der Waals surface area contributed by atoms with E-state index in [2.05, 4.69) is 24.4 Å². The van der Waals surface area contributed by atoms with Crippen molar-refractivity contribution in [1.29, 1.82) is 0 Å². The molecule has 2 rings (SSSR count). The molecule has 3 N–H and O–H groups in total. The van der Waals surface area contributed by atoms with Gasteiger partial charge >= 0.3 is 0 Å². The lowest BCUT2D eigenvalue weighted by Gasteiger charge is -2.14. The first kappa shape index (κ1) is 15.4. The highest BCUT2D eigenvalue weighted by molar-refractivity contribution is 7.11. The van der Waals surface area contributed by atoms with E-state index in [1.54, 1.807) is 36.6 Å². The van der Waals surface area contributed by atoms with Gasteiger partial charge in [-0.25, -0.2) is 0 Å². The largest absolute Gasteiger partial charge is 0.497 e. The Morgan fingerprint density at radius 2 is 2.14 bits per heavy atom. The number of hydrogen-bond acceptors (Lipinski definition) is 4. The average molecular weight is 304 g/mol. The monoisotopic (exact) mass is 304 g/mol. The van der Waals surface area contributed by atoms with Crippen molar-refractivity contribution in [2.24, 2.45) is 0 Å². The Morgan fingerprint density at radius 1 is 1.38 bits per heavy atom. The molecule has 0 aliphatic rings. The lowest BCUT2D eigenvalue weighted by Crippen LogP contribution is -2.33. The number of amides is 1. The predicted molar refractivity (Wildman–Crippen MR) is 87.1 cm³/mol. The van der Waals surface area contributed by atoms with Gasteiger partial charge in [0.1, 0.15) is 5.75 Å². The molecule has 0 fully saturated rings. The van der Waals surface area contributed by atoms with Crippen molar-refractivity contribution in [3.05, 3.63) is 45.6 Å². The number of rotatable bonds is 5. The number of aryl methyl sites for hydroxylation is 1. The van der Waals surface area contributed by atoms with Crippen molar-refractivity contribution in [2.75, 3.05) is 12.8 Å². The molecule has 2 aromatic rings. The van der Waals surface area contributed by atoms with E-state index in [1.807, 2.05) is 6.92 Å². The molecule has 0 aliphatic carbocycles. The summed E-state index contributed by atoms with van der Waals surface area (Å²) >= 11 is 1.76. The third kappa shape index (κ3) is 4.23. The summed E-state index contributed by atoms with van der Waals surface area (Å²) in [6.07, 6.45) is 0.823. The maximum Gasteiger partial charge on any atom is 0.251 e. The van der Waals surface area contributed by atoms with Gasteiger partial charge in [0.05, 0.1) is 7.11 Å². The van der Waals surface area contributed by atoms with E-state index in [9.17, 15) is 4.79 Å². The molecule has 1 aromatic heterocycles. The Hall–Kier alpha value is -2.01. The lowest BCUT2D eigenvalue weighted by atomic mass is 10.1. The molecule has 0 saturated heterocycles. The van der Waals surface area contributed by atoms with E-state index in [0.717, 1.165) is 6.42 Å². The van der Waals surface area contributed by atoms with Crippen LogP contribution < -0.4 is 15.8 Å². The second-order valence-corrected chi connectivity index (χ2v) is 6.46. The van der Waals surface area contributed by atoms with Gasteiger partial charge in [0.25, 0.3) is 5.91 Å². The minimum absolute atomic E-state index is 0.0583. The Labute approximate surface area is 128 Å². The van der Waals surface area contributed by atoms with Crippen molar-refractivity contribution in [2.45, 2.75) is 26.3 Å². The number of benzene rings is 1. The van der Waals surface area contributed by atoms with Crippen LogP contribution in [0, 0.1) is 6.92 Å². The van der Waals surface area contributed by atoms with Crippen LogP contribution in [0.1, 0.15) is 27.0 Å². The number of hydrogen-bond donors (Lipinski definition) is 2. The first-order valence-electron chi connectivity index (χ1n) is 6.78. The Balaban J connectivity index is 2.02. The molecule has 0 bridgehead atoms. The zero-order chi connectivity index (χ0) is 15.4. The third-order valence-corrected chi connectivity index (χ3v) is 4.13. The van der Waals surface area contributed by atoms with Crippen LogP contribution >= 0.6 is 11.3 Å². The lowest BCUT2D eigenvalue weighted by molar-refractivity contribution is 0.0940. The fourth-order valence-corrected chi connectivity index (χ4v) is 3.14. The Kier molecular flexibility index (Phi) is 4.85. The highest BCUT2D eigenvalue weighted by atomic mass is 32.1. The molecule has 1 atom stereocenters. The summed E-state index contributed by atoms with van der Waals surface area (Å²) in [6, 6.07) is 9.29. The molecule has 0 radical (unpaired) electrons. The highest BCUT2D eigenvalue weighted by Gasteiger charge is 2.12. The van der Waals surface area contributed by atoms with Gasteiger partial charge in [-0.3, -0.25) is 4.79 Å². The number of ether oxygens (including phenoxy) is 1. The summed E-state index contributed by atoms with van der Waals surface area (Å²) in [5, 5.41) is 2.99. The second-order valence-electron chi connectivity index (χ2n) is 5.09. The zero-order valence-corrected chi connectivity index (χ0v) is 13.3. The number of nitrogens with two attached hydrogens (primary N) is 1. The van der Waals surface area contributed by atoms with E-state index in [4.69, 9.17) is 10.5 Å². The minimum atomic E-state index is -0.138. The van der Waals surface area contributed by atoms with Crippen LogP contribution in [0.25, 0.3) is 0 Å². The molecule has 21 heavy (non-hydrogen) atoms. The first-order valence-corrected chi connectivity index (χ1v) is 7.60. The maximum absolute atomic E-state index is 12.3. The standard InChI is InChI=1S/C16H20N2O2S/c1-10(6-15-5-4-11(2)21-15)18-16(19)12-7-13(17)9-14(8-12)20-3/h4-5,7-10H,6,17H2,1-3H3,(H,18,19). The van der Waals surface area contributed by atoms with E-state index >= 15 is 0 Å². The van der Waals surface area contributed by atoms with E-state index < -0.39 is 0 Å². The molecule has 1 amide bonds. The van der Waals surface area contributed by atoms with Gasteiger partial charge in [-0.05, 0) is 38.1 Å². The summed E-state index contributed by atoms with van der Waals surface area (Å²) < 4.78 is 5.13. The number of carbonyl (C=O) groups is 1. The number of methoxy groups -OCH3 is 1. The van der Waals surface area contributed by atoms with Crippen LogP contribution in [0.3, 0.4) is 0 Å². The van der Waals surface area contributed by atoms with Gasteiger partial charge < -0.3 is 15.8 Å². The molecule has 1 unspecified atom stereocenters. The van der Waals surface area contributed by atoms with Gasteiger partial charge in [-0.1, -0.05) is 0 Å². The number of thiophene rings is 1. The van der Waals surface area contributed by atoms with Gasteiger partial charge in [-0.15, -0.1) is 11.3 Å². The number of nitrogen functional groups attached to an aromatic ring is 1. The quantitative estimate of drug-likeness (QED) is 0.835. The average Bonchev–Trinajstić information content (AvgIpc) is 2.83. The fourth-order valence-electron chi connectivity index (χ4n) is 2.13. The first-order chi connectivity index (χ1) is 9.97. The third-order valence-electron chi connectivity index (χ3n) is 3.11. The van der Waals surface area contributed by atoms with E-state index in [0.29, 0.717) is 17.0 Å². The van der Waals surface area contributed by atoms with Crippen LogP contribution in [0.15, 0.2) is 30.3 Å². The molecule has 5 heteroatoms. The fraction of sp³-hybridized carbons (Fsp3) is 0.312. The summed E-state index contributed by atoms with van der Waals surface area (Å²) in [7, 11) is 1.55. The van der Waals surface area contributed by atoms with Crippen molar-refractivity contribution < 1.29 is 9.53 Å². The Bertz CT molecular complexity index is 637. The van der Waals surface area contributed by atoms with Crippen molar-refractivity contribution in [1.82, 2.24) is 5.32 Å². The maximum atomic E-state index is 12.3. The van der Waals surface area contributed by atoms with Gasteiger partial charge in [0.2, 0.25) is 0 Å². The van der Waals surface area contributed by atoms with Gasteiger partial charge in [0, 0.05) is 39.5 Å². The van der Waals surface area contributed by atoms with Crippen molar-refractivity contribution in [3.63, 3.8) is 0 Å². The van der Waals surface area contributed by atoms with E-state index in [-0.39, 0.29) is 11.9 Å². The summed E-state index contributed by atoms with van der Waals surface area (Å²) in [5.41, 5.74) is 6.80. The molecule has 1 aromatic carbocycles. The SMILES string of the molecule is COc1cc(N)cc(C(=O)NC(C)Cc2ccc(C)s2)c1. The molecule has 4 nitrogen and oxygen atoms in total. The summed E-state index contributed by atoms with van der Waals surface area (Å²) in [6.45, 7) is 4.08. The topological polar surface area (TPSA) is 64.3 Å². The van der Waals surface area contributed by atoms with Crippen LogP contribution in [0.4, 0.5) is 5.69 Å². The van der Waals surface area contributed by atoms with Crippen LogP contribution in [-0.4, -0.2) is 19.1 Å². The van der Waals surface area contributed by atoms with Gasteiger partial charge in [0.15, 0.2) is 0 Å². The van der Waals surface area contributed by atoms with Crippen molar-refractivity contribution >= 4 is 22.9 Å².